The van der Waals surface area contributed by atoms with Gasteiger partial charge in [-0.1, -0.05) is 12.1 Å². The summed E-state index contributed by atoms with van der Waals surface area (Å²) < 4.78 is 24.5. The van der Waals surface area contributed by atoms with Crippen molar-refractivity contribution in [2.75, 3.05) is 51.6 Å². The fraction of sp³-hybridized carbons (Fsp3) is 0.435. The van der Waals surface area contributed by atoms with Crippen molar-refractivity contribution < 1.29 is 13.9 Å². The van der Waals surface area contributed by atoms with Gasteiger partial charge in [0.15, 0.2) is 5.96 Å². The Balaban J connectivity index is 1.43. The Kier molecular flexibility index (Phi) is 8.70. The number of hydrogen-bond acceptors (Lipinski definition) is 5. The number of guanidine groups is 1. The van der Waals surface area contributed by atoms with Gasteiger partial charge in [0.2, 0.25) is 0 Å². The predicted octanol–water partition coefficient (Wildman–Crippen LogP) is 3.77. The topological polar surface area (TPSA) is 58.1 Å². The molecule has 0 atom stereocenters. The van der Waals surface area contributed by atoms with Crippen molar-refractivity contribution >= 4 is 23.4 Å². The molecular formula is C23H31FN4O2S. The van der Waals surface area contributed by atoms with Crippen LogP contribution in [0.25, 0.3) is 0 Å². The minimum absolute atomic E-state index is 0.171. The summed E-state index contributed by atoms with van der Waals surface area (Å²) in [6.07, 6.45) is 2.01. The minimum Gasteiger partial charge on any atom is -0.497 e. The lowest BCUT2D eigenvalue weighted by atomic mass is 10.0. The molecule has 8 heteroatoms. The van der Waals surface area contributed by atoms with Gasteiger partial charge in [0.05, 0.1) is 14.2 Å². The molecule has 31 heavy (non-hydrogen) atoms. The maximum Gasteiger partial charge on any atom is 0.191 e. The van der Waals surface area contributed by atoms with E-state index in [1.54, 1.807) is 33.4 Å². The van der Waals surface area contributed by atoms with E-state index < -0.39 is 0 Å². The Labute approximate surface area is 188 Å². The summed E-state index contributed by atoms with van der Waals surface area (Å²) in [4.78, 5) is 7.36. The normalized spacial score (nSPS) is 15.0. The molecule has 1 saturated heterocycles. The summed E-state index contributed by atoms with van der Waals surface area (Å²) in [5, 5.41) is 6.84. The number of nitrogens with zero attached hydrogens (tertiary/aromatic N) is 2. The van der Waals surface area contributed by atoms with Crippen LogP contribution >= 0.6 is 11.8 Å². The molecule has 0 aromatic heterocycles. The van der Waals surface area contributed by atoms with Crippen LogP contribution < -0.4 is 25.0 Å². The highest BCUT2D eigenvalue weighted by atomic mass is 32.2. The summed E-state index contributed by atoms with van der Waals surface area (Å²) in [6.45, 7) is 2.59. The van der Waals surface area contributed by atoms with Gasteiger partial charge in [-0.25, -0.2) is 4.39 Å². The number of piperidine rings is 1. The standard InChI is InChI=1S/C23H31FN4O2S/c1-25-23(26-10-13-31-22-7-5-4-6-21(22)24)27-17-8-11-28(12-9-17)18-14-19(29-2)16-20(15-18)30-3/h4-7,14-17H,8-13H2,1-3H3,(H2,25,26,27). The van der Waals surface area contributed by atoms with E-state index >= 15 is 0 Å². The average molecular weight is 447 g/mol. The second-order valence-corrected chi connectivity index (χ2v) is 8.39. The summed E-state index contributed by atoms with van der Waals surface area (Å²) in [6, 6.07) is 13.2. The summed E-state index contributed by atoms with van der Waals surface area (Å²) in [7, 11) is 5.11. The van der Waals surface area contributed by atoms with Crippen molar-refractivity contribution in [3.8, 4) is 11.5 Å². The molecule has 1 aliphatic rings. The summed E-state index contributed by atoms with van der Waals surface area (Å²) >= 11 is 1.50. The van der Waals surface area contributed by atoms with Crippen molar-refractivity contribution in [1.29, 1.82) is 0 Å². The van der Waals surface area contributed by atoms with E-state index in [1.165, 1.54) is 17.8 Å². The third kappa shape index (κ3) is 6.69. The smallest absolute Gasteiger partial charge is 0.191 e. The number of hydrogen-bond donors (Lipinski definition) is 2. The highest BCUT2D eigenvalue weighted by Gasteiger charge is 2.21. The van der Waals surface area contributed by atoms with E-state index in [4.69, 9.17) is 9.47 Å². The van der Waals surface area contributed by atoms with E-state index in [0.717, 1.165) is 54.8 Å². The first kappa shape index (κ1) is 23.1. The number of thioether (sulfide) groups is 1. The first-order valence-corrected chi connectivity index (χ1v) is 11.4. The molecule has 3 rings (SSSR count). The Bertz CT molecular complexity index is 850. The largest absolute Gasteiger partial charge is 0.497 e. The molecule has 0 radical (unpaired) electrons. The number of aliphatic imine (C=N–C) groups is 1. The Morgan fingerprint density at radius 3 is 2.42 bits per heavy atom. The van der Waals surface area contributed by atoms with E-state index in [0.29, 0.717) is 17.5 Å². The zero-order valence-corrected chi connectivity index (χ0v) is 19.2. The highest BCUT2D eigenvalue weighted by Crippen LogP contribution is 2.30. The van der Waals surface area contributed by atoms with Gasteiger partial charge in [0.25, 0.3) is 0 Å². The molecular weight excluding hydrogens is 415 g/mol. The second-order valence-electron chi connectivity index (χ2n) is 7.25. The van der Waals surface area contributed by atoms with E-state index in [1.807, 2.05) is 24.3 Å². The molecule has 0 amide bonds. The molecule has 168 valence electrons. The first-order valence-electron chi connectivity index (χ1n) is 10.5. The monoisotopic (exact) mass is 446 g/mol. The molecule has 0 bridgehead atoms. The van der Waals surface area contributed by atoms with Gasteiger partial charge in [-0.15, -0.1) is 11.8 Å². The number of ether oxygens (including phenoxy) is 2. The van der Waals surface area contributed by atoms with Crippen LogP contribution in [0.15, 0.2) is 52.4 Å². The van der Waals surface area contributed by atoms with Gasteiger partial charge in [-0.3, -0.25) is 4.99 Å². The molecule has 0 saturated carbocycles. The minimum atomic E-state index is -0.171. The number of anilines is 1. The van der Waals surface area contributed by atoms with Gasteiger partial charge in [-0.2, -0.15) is 0 Å². The molecule has 1 aliphatic heterocycles. The molecule has 0 unspecified atom stereocenters. The lowest BCUT2D eigenvalue weighted by Crippen LogP contribution is -2.49. The van der Waals surface area contributed by atoms with Crippen molar-refractivity contribution in [3.63, 3.8) is 0 Å². The van der Waals surface area contributed by atoms with Gasteiger partial charge in [0.1, 0.15) is 17.3 Å². The molecule has 2 N–H and O–H groups in total. The Morgan fingerprint density at radius 2 is 1.81 bits per heavy atom. The molecule has 1 heterocycles. The molecule has 0 spiro atoms. The average Bonchev–Trinajstić information content (AvgIpc) is 2.82. The van der Waals surface area contributed by atoms with Crippen molar-refractivity contribution in [3.05, 3.63) is 48.3 Å². The molecule has 2 aromatic carbocycles. The Hall–Kier alpha value is -2.61. The van der Waals surface area contributed by atoms with Crippen LogP contribution in [0.1, 0.15) is 12.8 Å². The van der Waals surface area contributed by atoms with E-state index in [-0.39, 0.29) is 5.82 Å². The second kappa shape index (κ2) is 11.7. The molecule has 0 aliphatic carbocycles. The lowest BCUT2D eigenvalue weighted by molar-refractivity contribution is 0.393. The van der Waals surface area contributed by atoms with E-state index in [2.05, 4.69) is 20.5 Å². The van der Waals surface area contributed by atoms with Gasteiger partial charge in [0, 0.05) is 67.3 Å². The van der Waals surface area contributed by atoms with Crippen LogP contribution in [0.4, 0.5) is 10.1 Å². The number of halogens is 1. The van der Waals surface area contributed by atoms with Crippen LogP contribution in [0, 0.1) is 5.82 Å². The zero-order chi connectivity index (χ0) is 22.1. The fourth-order valence-electron chi connectivity index (χ4n) is 3.54. The quantitative estimate of drug-likeness (QED) is 0.279. The highest BCUT2D eigenvalue weighted by molar-refractivity contribution is 7.99. The zero-order valence-electron chi connectivity index (χ0n) is 18.4. The third-order valence-electron chi connectivity index (χ3n) is 5.25. The molecule has 1 fully saturated rings. The number of rotatable bonds is 8. The van der Waals surface area contributed by atoms with Crippen molar-refractivity contribution in [2.45, 2.75) is 23.8 Å². The van der Waals surface area contributed by atoms with Crippen LogP contribution in [0.3, 0.4) is 0 Å². The first-order chi connectivity index (χ1) is 15.1. The molecule has 2 aromatic rings. The lowest BCUT2D eigenvalue weighted by Gasteiger charge is -2.34. The van der Waals surface area contributed by atoms with Gasteiger partial charge >= 0.3 is 0 Å². The predicted molar refractivity (Wildman–Crippen MR) is 126 cm³/mol. The maximum absolute atomic E-state index is 13.7. The summed E-state index contributed by atoms with van der Waals surface area (Å²) in [5.41, 5.74) is 1.11. The van der Waals surface area contributed by atoms with Gasteiger partial charge < -0.3 is 25.0 Å². The fourth-order valence-corrected chi connectivity index (χ4v) is 4.34. The number of nitrogens with one attached hydrogen (secondary N) is 2. The van der Waals surface area contributed by atoms with Crippen molar-refractivity contribution in [1.82, 2.24) is 10.6 Å². The SMILES string of the molecule is CN=C(NCCSc1ccccc1F)NC1CCN(c2cc(OC)cc(OC)c2)CC1. The Morgan fingerprint density at radius 1 is 1.13 bits per heavy atom. The molecule has 6 nitrogen and oxygen atoms in total. The van der Waals surface area contributed by atoms with Crippen LogP contribution in [-0.2, 0) is 0 Å². The number of methoxy groups -OCH3 is 2. The van der Waals surface area contributed by atoms with Crippen LogP contribution in [0.5, 0.6) is 11.5 Å². The maximum atomic E-state index is 13.7. The third-order valence-corrected chi connectivity index (χ3v) is 6.30. The number of benzene rings is 2. The van der Waals surface area contributed by atoms with E-state index in [9.17, 15) is 4.39 Å². The summed E-state index contributed by atoms with van der Waals surface area (Å²) in [5.74, 6) is 2.98. The van der Waals surface area contributed by atoms with Gasteiger partial charge in [-0.05, 0) is 25.0 Å². The van der Waals surface area contributed by atoms with Crippen LogP contribution in [0.2, 0.25) is 0 Å². The van der Waals surface area contributed by atoms with Crippen LogP contribution in [-0.4, -0.2) is 58.7 Å². The van der Waals surface area contributed by atoms with Crippen molar-refractivity contribution in [2.24, 2.45) is 4.99 Å².